The van der Waals surface area contributed by atoms with Crippen LogP contribution in [0.4, 0.5) is 5.82 Å². The van der Waals surface area contributed by atoms with Crippen molar-refractivity contribution in [3.05, 3.63) is 12.4 Å². The molecular weight excluding hydrogens is 262 g/mol. The zero-order chi connectivity index (χ0) is 14.4. The van der Waals surface area contributed by atoms with Crippen LogP contribution in [0.25, 0.3) is 0 Å². The van der Waals surface area contributed by atoms with Gasteiger partial charge in [-0.15, -0.1) is 0 Å². The lowest BCUT2D eigenvalue weighted by Gasteiger charge is -2.33. The van der Waals surface area contributed by atoms with E-state index in [1.165, 1.54) is 6.33 Å². The summed E-state index contributed by atoms with van der Waals surface area (Å²) in [5.41, 5.74) is -0.797. The maximum Gasteiger partial charge on any atom is 0.311 e. The molecule has 1 aromatic rings. The highest BCUT2D eigenvalue weighted by Gasteiger charge is 2.40. The number of hydrogen-bond acceptors (Lipinski definition) is 6. The molecule has 1 aromatic heterocycles. The van der Waals surface area contributed by atoms with Crippen molar-refractivity contribution in [3.8, 4) is 5.88 Å². The summed E-state index contributed by atoms with van der Waals surface area (Å²) in [7, 11) is 0. The van der Waals surface area contributed by atoms with Crippen molar-refractivity contribution in [2.24, 2.45) is 5.41 Å². The zero-order valence-corrected chi connectivity index (χ0v) is 11.5. The lowest BCUT2D eigenvalue weighted by atomic mass is 9.80. The van der Waals surface area contributed by atoms with E-state index in [-0.39, 0.29) is 0 Å². The Labute approximate surface area is 117 Å². The van der Waals surface area contributed by atoms with Gasteiger partial charge in [0.1, 0.15) is 12.1 Å². The second-order valence-corrected chi connectivity index (χ2v) is 4.73. The fraction of sp³-hybridized carbons (Fsp3) is 0.615. The van der Waals surface area contributed by atoms with E-state index in [9.17, 15) is 9.90 Å². The van der Waals surface area contributed by atoms with Crippen molar-refractivity contribution in [2.45, 2.75) is 19.8 Å². The molecule has 2 rings (SSSR count). The van der Waals surface area contributed by atoms with Gasteiger partial charge in [-0.3, -0.25) is 4.79 Å². The van der Waals surface area contributed by atoms with Gasteiger partial charge in [0.05, 0.1) is 12.0 Å². The lowest BCUT2D eigenvalue weighted by Crippen LogP contribution is -2.42. The average Bonchev–Trinajstić information content (AvgIpc) is 2.47. The summed E-state index contributed by atoms with van der Waals surface area (Å²) in [6, 6.07) is 1.67. The molecule has 0 aliphatic carbocycles. The molecule has 0 aromatic carbocycles. The van der Waals surface area contributed by atoms with Gasteiger partial charge >= 0.3 is 5.97 Å². The predicted octanol–water partition coefficient (Wildman–Crippen LogP) is 1.17. The quantitative estimate of drug-likeness (QED) is 0.808. The summed E-state index contributed by atoms with van der Waals surface area (Å²) in [6.07, 6.45) is 2.39. The summed E-state index contributed by atoms with van der Waals surface area (Å²) < 4.78 is 10.5. The summed E-state index contributed by atoms with van der Waals surface area (Å²) >= 11 is 0. The van der Waals surface area contributed by atoms with E-state index >= 15 is 0 Å². The largest absolute Gasteiger partial charge is 0.481 e. The molecule has 0 unspecified atom stereocenters. The van der Waals surface area contributed by atoms with E-state index in [2.05, 4.69) is 15.3 Å². The van der Waals surface area contributed by atoms with Gasteiger partial charge in [-0.05, 0) is 19.8 Å². The number of carboxylic acids is 1. The van der Waals surface area contributed by atoms with Gasteiger partial charge in [-0.2, -0.15) is 0 Å². The van der Waals surface area contributed by atoms with Crippen LogP contribution in [0.15, 0.2) is 12.4 Å². The average molecular weight is 281 g/mol. The van der Waals surface area contributed by atoms with Crippen LogP contribution in [0.2, 0.25) is 0 Å². The number of rotatable bonds is 6. The van der Waals surface area contributed by atoms with Gasteiger partial charge in [-0.25, -0.2) is 9.97 Å². The minimum atomic E-state index is -0.799. The van der Waals surface area contributed by atoms with Gasteiger partial charge in [0.2, 0.25) is 5.88 Å². The summed E-state index contributed by atoms with van der Waals surface area (Å²) in [4.78, 5) is 19.6. The number of carboxylic acid groups (broad SMARTS) is 1. The molecule has 1 aliphatic rings. The molecule has 1 fully saturated rings. The Morgan fingerprint density at radius 2 is 2.25 bits per heavy atom. The van der Waals surface area contributed by atoms with Crippen LogP contribution in [0.3, 0.4) is 0 Å². The Bertz CT molecular complexity index is 461. The summed E-state index contributed by atoms with van der Waals surface area (Å²) in [5, 5.41) is 12.5. The Kier molecular flexibility index (Phi) is 4.73. The second-order valence-electron chi connectivity index (χ2n) is 4.73. The first kappa shape index (κ1) is 14.5. The zero-order valence-electron chi connectivity index (χ0n) is 11.5. The molecule has 7 heteroatoms. The minimum absolute atomic E-state index is 0.314. The van der Waals surface area contributed by atoms with Crippen LogP contribution in [0.5, 0.6) is 5.88 Å². The number of aliphatic carboxylic acids is 1. The van der Waals surface area contributed by atoms with E-state index in [4.69, 9.17) is 9.47 Å². The number of aromatic nitrogens is 2. The van der Waals surface area contributed by atoms with E-state index in [0.717, 1.165) is 0 Å². The fourth-order valence-corrected chi connectivity index (χ4v) is 2.15. The monoisotopic (exact) mass is 281 g/mol. The van der Waals surface area contributed by atoms with Gasteiger partial charge in [0.15, 0.2) is 0 Å². The molecule has 1 aliphatic heterocycles. The van der Waals surface area contributed by atoms with Crippen LogP contribution in [0, 0.1) is 5.41 Å². The second kappa shape index (κ2) is 6.51. The van der Waals surface area contributed by atoms with E-state index in [1.807, 2.05) is 6.92 Å². The van der Waals surface area contributed by atoms with Crippen molar-refractivity contribution in [1.82, 2.24) is 9.97 Å². The molecule has 7 nitrogen and oxygen atoms in total. The molecule has 2 N–H and O–H groups in total. The van der Waals surface area contributed by atoms with Crippen molar-refractivity contribution in [3.63, 3.8) is 0 Å². The number of hydrogen-bond donors (Lipinski definition) is 2. The summed E-state index contributed by atoms with van der Waals surface area (Å²) in [5.74, 6) is 0.240. The summed E-state index contributed by atoms with van der Waals surface area (Å²) in [6.45, 7) is 3.65. The maximum atomic E-state index is 11.5. The number of nitrogens with zero attached hydrogens (tertiary/aromatic N) is 2. The number of carbonyl (C=O) groups is 1. The smallest absolute Gasteiger partial charge is 0.311 e. The first-order valence-electron chi connectivity index (χ1n) is 6.66. The molecule has 0 bridgehead atoms. The first-order valence-corrected chi connectivity index (χ1v) is 6.66. The fourth-order valence-electron chi connectivity index (χ4n) is 2.15. The van der Waals surface area contributed by atoms with Gasteiger partial charge < -0.3 is 19.9 Å². The normalized spacial score (nSPS) is 17.4. The number of nitrogens with one attached hydrogen (secondary N) is 1. The highest BCUT2D eigenvalue weighted by molar-refractivity contribution is 5.75. The third-order valence-electron chi connectivity index (χ3n) is 3.45. The first-order chi connectivity index (χ1) is 9.66. The third kappa shape index (κ3) is 3.36. The minimum Gasteiger partial charge on any atom is -0.481 e. The van der Waals surface area contributed by atoms with Crippen molar-refractivity contribution >= 4 is 11.8 Å². The van der Waals surface area contributed by atoms with Crippen LogP contribution >= 0.6 is 0 Å². The molecule has 0 amide bonds. The van der Waals surface area contributed by atoms with Crippen LogP contribution in [0.1, 0.15) is 19.8 Å². The van der Waals surface area contributed by atoms with Gasteiger partial charge in [0, 0.05) is 25.8 Å². The molecular formula is C13H19N3O4. The van der Waals surface area contributed by atoms with Gasteiger partial charge in [-0.1, -0.05) is 0 Å². The molecule has 1 saturated heterocycles. The lowest BCUT2D eigenvalue weighted by molar-refractivity contribution is -0.153. The molecule has 0 spiro atoms. The molecule has 110 valence electrons. The highest BCUT2D eigenvalue weighted by atomic mass is 16.5. The molecule has 20 heavy (non-hydrogen) atoms. The standard InChI is InChI=1S/C13H19N3O4/c1-2-20-11-7-10(15-9-16-11)14-8-13(12(17)18)3-5-19-6-4-13/h7,9H,2-6,8H2,1H3,(H,17,18)(H,14,15,16). The molecule has 2 heterocycles. The topological polar surface area (TPSA) is 93.6 Å². The Hall–Kier alpha value is -1.89. The molecule has 0 saturated carbocycles. The Balaban J connectivity index is 2.02. The number of ether oxygens (including phenoxy) is 2. The van der Waals surface area contributed by atoms with E-state index in [0.29, 0.717) is 50.9 Å². The maximum absolute atomic E-state index is 11.5. The van der Waals surface area contributed by atoms with E-state index < -0.39 is 11.4 Å². The van der Waals surface area contributed by atoms with Crippen molar-refractivity contribution in [1.29, 1.82) is 0 Å². The Morgan fingerprint density at radius 1 is 1.50 bits per heavy atom. The highest BCUT2D eigenvalue weighted by Crippen LogP contribution is 2.31. The Morgan fingerprint density at radius 3 is 2.90 bits per heavy atom. The van der Waals surface area contributed by atoms with E-state index in [1.54, 1.807) is 6.07 Å². The molecule has 0 radical (unpaired) electrons. The number of anilines is 1. The molecule has 0 atom stereocenters. The van der Waals surface area contributed by atoms with Crippen LogP contribution in [-0.2, 0) is 9.53 Å². The van der Waals surface area contributed by atoms with Crippen molar-refractivity contribution in [2.75, 3.05) is 31.7 Å². The van der Waals surface area contributed by atoms with Crippen molar-refractivity contribution < 1.29 is 19.4 Å². The van der Waals surface area contributed by atoms with Gasteiger partial charge in [0.25, 0.3) is 0 Å². The van der Waals surface area contributed by atoms with Crippen LogP contribution in [-0.4, -0.2) is 47.4 Å². The predicted molar refractivity (Wildman–Crippen MR) is 71.8 cm³/mol. The SMILES string of the molecule is CCOc1cc(NCC2(C(=O)O)CCOCC2)ncn1. The third-order valence-corrected chi connectivity index (χ3v) is 3.45. The van der Waals surface area contributed by atoms with Crippen LogP contribution < -0.4 is 10.1 Å².